The van der Waals surface area contributed by atoms with Gasteiger partial charge in [-0.1, -0.05) is 13.0 Å². The van der Waals surface area contributed by atoms with Crippen molar-refractivity contribution in [2.75, 3.05) is 39.9 Å². The van der Waals surface area contributed by atoms with Gasteiger partial charge < -0.3 is 29.9 Å². The second-order valence-electron chi connectivity index (χ2n) is 10.1. The summed E-state index contributed by atoms with van der Waals surface area (Å²) in [6.45, 7) is 4.12. The number of nitrogens with one attached hydrogen (secondary N) is 2. The molecule has 1 fully saturated rings. The predicted molar refractivity (Wildman–Crippen MR) is 141 cm³/mol. The number of aliphatic hydroxyl groups excluding tert-OH is 1. The van der Waals surface area contributed by atoms with Crippen molar-refractivity contribution in [3.8, 4) is 5.75 Å². The number of benzene rings is 1. The van der Waals surface area contributed by atoms with Crippen LogP contribution in [0.3, 0.4) is 0 Å². The lowest BCUT2D eigenvalue weighted by atomic mass is 9.68. The van der Waals surface area contributed by atoms with Gasteiger partial charge >= 0.3 is 6.03 Å². The summed E-state index contributed by atoms with van der Waals surface area (Å²) < 4.78 is 5.44. The molecule has 37 heavy (non-hydrogen) atoms. The molecule has 9 nitrogen and oxygen atoms in total. The highest BCUT2D eigenvalue weighted by Gasteiger charge is 2.49. The number of carbonyl (C=O) groups is 2. The van der Waals surface area contributed by atoms with E-state index in [0.29, 0.717) is 32.6 Å². The van der Waals surface area contributed by atoms with Gasteiger partial charge in [-0.25, -0.2) is 4.79 Å². The molecule has 3 aromatic rings. The summed E-state index contributed by atoms with van der Waals surface area (Å²) in [6, 6.07) is 9.10. The number of aliphatic hydroxyl groups is 1. The number of hydrogen-bond donors (Lipinski definition) is 3. The van der Waals surface area contributed by atoms with Crippen LogP contribution >= 0.6 is 0 Å². The fourth-order valence-electron chi connectivity index (χ4n) is 5.93. The number of amides is 3. The molecule has 2 aromatic heterocycles. The van der Waals surface area contributed by atoms with E-state index in [2.05, 4.69) is 21.4 Å². The van der Waals surface area contributed by atoms with Crippen molar-refractivity contribution in [1.29, 1.82) is 0 Å². The number of fused-ring (bicyclic) bond motifs is 4. The molecule has 3 amide bonds. The molecule has 9 heteroatoms. The van der Waals surface area contributed by atoms with E-state index < -0.39 is 6.04 Å². The van der Waals surface area contributed by atoms with Crippen LogP contribution in [0.5, 0.6) is 5.75 Å². The summed E-state index contributed by atoms with van der Waals surface area (Å²) in [6.07, 6.45) is 6.06. The zero-order valence-electron chi connectivity index (χ0n) is 21.5. The molecule has 3 N–H and O–H groups in total. The molecule has 1 atom stereocenters. The number of piperidine rings is 1. The summed E-state index contributed by atoms with van der Waals surface area (Å²) in [5, 5.41) is 14.5. The van der Waals surface area contributed by atoms with Crippen LogP contribution in [0, 0.1) is 0 Å². The Morgan fingerprint density at radius 1 is 1.27 bits per heavy atom. The summed E-state index contributed by atoms with van der Waals surface area (Å²) in [5.74, 6) is 0.836. The Balaban J connectivity index is 1.48. The predicted octanol–water partition coefficient (Wildman–Crippen LogP) is 3.14. The van der Waals surface area contributed by atoms with Gasteiger partial charge in [0, 0.05) is 66.7 Å². The van der Waals surface area contributed by atoms with Crippen molar-refractivity contribution in [2.45, 2.75) is 44.1 Å². The topological polar surface area (TPSA) is 111 Å². The Bertz CT molecular complexity index is 1270. The Labute approximate surface area is 216 Å². The van der Waals surface area contributed by atoms with E-state index in [-0.39, 0.29) is 24.0 Å². The number of hydrogen-bond acceptors (Lipinski definition) is 5. The van der Waals surface area contributed by atoms with Crippen molar-refractivity contribution in [3.63, 3.8) is 0 Å². The van der Waals surface area contributed by atoms with E-state index in [1.165, 1.54) is 0 Å². The Hall–Kier alpha value is -3.59. The SMILES string of the molecule is CCCNC(=O)N1CC2(CCN(C(=O)Cc3cccnc3)CC2)c2c([nH]c3cc(OC)ccc23)[C@@H]1CO. The van der Waals surface area contributed by atoms with E-state index in [4.69, 9.17) is 4.74 Å². The monoisotopic (exact) mass is 505 g/mol. The second-order valence-corrected chi connectivity index (χ2v) is 10.1. The number of aromatic nitrogens is 2. The third-order valence-corrected chi connectivity index (χ3v) is 7.86. The molecular formula is C28H35N5O4. The Morgan fingerprint density at radius 3 is 2.76 bits per heavy atom. The molecule has 1 saturated heterocycles. The number of carbonyl (C=O) groups excluding carboxylic acids is 2. The van der Waals surface area contributed by atoms with Gasteiger partial charge in [-0.3, -0.25) is 9.78 Å². The number of aromatic amines is 1. The van der Waals surface area contributed by atoms with Crippen LogP contribution in [0.15, 0.2) is 42.7 Å². The third-order valence-electron chi connectivity index (χ3n) is 7.86. The maximum atomic E-state index is 13.3. The van der Waals surface area contributed by atoms with Gasteiger partial charge in [0.05, 0.1) is 26.2 Å². The quantitative estimate of drug-likeness (QED) is 0.477. The number of nitrogens with zero attached hydrogens (tertiary/aromatic N) is 3. The Kier molecular flexibility index (Phi) is 7.06. The second kappa shape index (κ2) is 10.4. The van der Waals surface area contributed by atoms with Crippen LogP contribution in [-0.4, -0.2) is 76.7 Å². The summed E-state index contributed by atoms with van der Waals surface area (Å²) >= 11 is 0. The minimum Gasteiger partial charge on any atom is -0.497 e. The molecule has 0 saturated carbocycles. The first-order valence-corrected chi connectivity index (χ1v) is 13.0. The van der Waals surface area contributed by atoms with E-state index in [1.54, 1.807) is 24.4 Å². The van der Waals surface area contributed by atoms with E-state index in [1.807, 2.05) is 36.1 Å². The molecule has 1 aromatic carbocycles. The average molecular weight is 506 g/mol. The highest BCUT2D eigenvalue weighted by atomic mass is 16.5. The molecule has 196 valence electrons. The number of rotatable bonds is 6. The van der Waals surface area contributed by atoms with Gasteiger partial charge in [-0.15, -0.1) is 0 Å². The Morgan fingerprint density at radius 2 is 2.08 bits per heavy atom. The fourth-order valence-corrected chi connectivity index (χ4v) is 5.93. The highest BCUT2D eigenvalue weighted by molar-refractivity contribution is 5.89. The highest BCUT2D eigenvalue weighted by Crippen LogP contribution is 2.49. The average Bonchev–Trinajstić information content (AvgIpc) is 3.32. The van der Waals surface area contributed by atoms with Crippen molar-refractivity contribution in [2.24, 2.45) is 0 Å². The minimum absolute atomic E-state index is 0.0910. The van der Waals surface area contributed by atoms with Crippen molar-refractivity contribution >= 4 is 22.8 Å². The van der Waals surface area contributed by atoms with Gasteiger partial charge in [0.1, 0.15) is 5.75 Å². The number of H-pyrrole nitrogens is 1. The number of ether oxygens (including phenoxy) is 1. The van der Waals surface area contributed by atoms with Gasteiger partial charge in [-0.05, 0) is 48.6 Å². The number of pyridine rings is 1. The normalized spacial score (nSPS) is 18.6. The lowest BCUT2D eigenvalue weighted by Crippen LogP contribution is -2.57. The maximum Gasteiger partial charge on any atom is 0.318 e. The molecule has 4 heterocycles. The van der Waals surface area contributed by atoms with Gasteiger partial charge in [0.15, 0.2) is 0 Å². The third kappa shape index (κ3) is 4.64. The van der Waals surface area contributed by atoms with Gasteiger partial charge in [0.25, 0.3) is 0 Å². The van der Waals surface area contributed by atoms with E-state index >= 15 is 0 Å². The maximum absolute atomic E-state index is 13.3. The van der Waals surface area contributed by atoms with E-state index in [9.17, 15) is 14.7 Å². The van der Waals surface area contributed by atoms with Crippen LogP contribution in [0.4, 0.5) is 4.79 Å². The van der Waals surface area contributed by atoms with Crippen LogP contribution in [0.1, 0.15) is 49.0 Å². The van der Waals surface area contributed by atoms with Crippen LogP contribution in [-0.2, 0) is 16.6 Å². The number of urea groups is 1. The summed E-state index contributed by atoms with van der Waals surface area (Å²) in [5.41, 5.74) is 3.53. The fraction of sp³-hybridized carbons (Fsp3) is 0.464. The van der Waals surface area contributed by atoms with Gasteiger partial charge in [0.2, 0.25) is 5.91 Å². The van der Waals surface area contributed by atoms with E-state index in [0.717, 1.165) is 52.7 Å². The minimum atomic E-state index is -0.471. The number of methoxy groups -OCH3 is 1. The van der Waals surface area contributed by atoms with Crippen molar-refractivity contribution in [3.05, 3.63) is 59.5 Å². The molecule has 0 unspecified atom stereocenters. The molecule has 2 aliphatic heterocycles. The van der Waals surface area contributed by atoms with Crippen molar-refractivity contribution in [1.82, 2.24) is 25.1 Å². The molecule has 2 aliphatic rings. The zero-order chi connectivity index (χ0) is 26.0. The van der Waals surface area contributed by atoms with Crippen LogP contribution in [0.25, 0.3) is 10.9 Å². The van der Waals surface area contributed by atoms with Crippen LogP contribution < -0.4 is 10.1 Å². The molecule has 0 bridgehead atoms. The first kappa shape index (κ1) is 25.1. The zero-order valence-corrected chi connectivity index (χ0v) is 21.5. The first-order valence-electron chi connectivity index (χ1n) is 13.0. The molecular weight excluding hydrogens is 470 g/mol. The smallest absolute Gasteiger partial charge is 0.318 e. The standard InChI is InChI=1S/C28H35N5O4/c1-3-10-30-27(36)33-18-28(8-12-32(13-9-28)24(35)14-19-5-4-11-29-16-19)25-21-7-6-20(37-2)15-22(21)31-26(25)23(33)17-34/h4-7,11,15-16,23,31,34H,3,8-10,12-14,17-18H2,1-2H3,(H,30,36)/t23-/m0/s1. The summed E-state index contributed by atoms with van der Waals surface area (Å²) in [7, 11) is 1.64. The first-order chi connectivity index (χ1) is 18.0. The molecule has 1 spiro atoms. The molecule has 0 radical (unpaired) electrons. The molecule has 0 aliphatic carbocycles. The molecule has 5 rings (SSSR count). The largest absolute Gasteiger partial charge is 0.497 e. The van der Waals surface area contributed by atoms with Gasteiger partial charge in [-0.2, -0.15) is 0 Å². The lowest BCUT2D eigenvalue weighted by molar-refractivity contribution is -0.132. The van der Waals surface area contributed by atoms with Crippen molar-refractivity contribution < 1.29 is 19.4 Å². The lowest BCUT2D eigenvalue weighted by Gasteiger charge is -2.50. The summed E-state index contributed by atoms with van der Waals surface area (Å²) in [4.78, 5) is 37.7. The number of likely N-dealkylation sites (tertiary alicyclic amines) is 1. The van der Waals surface area contributed by atoms with Crippen LogP contribution in [0.2, 0.25) is 0 Å².